The van der Waals surface area contributed by atoms with E-state index in [1.807, 2.05) is 13.0 Å². The second-order valence-corrected chi connectivity index (χ2v) is 5.73. The van der Waals surface area contributed by atoms with E-state index in [0.29, 0.717) is 12.5 Å². The lowest BCUT2D eigenvalue weighted by molar-refractivity contribution is 0.234. The van der Waals surface area contributed by atoms with Crippen LogP contribution in [0.3, 0.4) is 0 Å². The van der Waals surface area contributed by atoms with E-state index in [4.69, 9.17) is 5.73 Å². The molecule has 4 heteroatoms. The van der Waals surface area contributed by atoms with E-state index in [-0.39, 0.29) is 11.9 Å². The summed E-state index contributed by atoms with van der Waals surface area (Å²) in [6.07, 6.45) is 0.716. The summed E-state index contributed by atoms with van der Waals surface area (Å²) in [5.41, 5.74) is 8.03. The normalized spacial score (nSPS) is 22.6. The van der Waals surface area contributed by atoms with Gasteiger partial charge >= 0.3 is 0 Å². The molecule has 0 spiro atoms. The van der Waals surface area contributed by atoms with Gasteiger partial charge in [0.05, 0.1) is 0 Å². The maximum absolute atomic E-state index is 13.4. The van der Waals surface area contributed by atoms with Gasteiger partial charge in [-0.15, -0.1) is 0 Å². The summed E-state index contributed by atoms with van der Waals surface area (Å²) in [6.45, 7) is 7.19. The van der Waals surface area contributed by atoms with Crippen LogP contribution in [0.1, 0.15) is 19.4 Å². The second-order valence-electron chi connectivity index (χ2n) is 5.73. The Morgan fingerprint density at radius 3 is 2.79 bits per heavy atom. The van der Waals surface area contributed by atoms with Crippen LogP contribution in [0.5, 0.6) is 0 Å². The van der Waals surface area contributed by atoms with E-state index in [9.17, 15) is 4.39 Å². The molecule has 1 fully saturated rings. The third-order valence-corrected chi connectivity index (χ3v) is 3.88. The van der Waals surface area contributed by atoms with Crippen LogP contribution in [-0.2, 0) is 6.42 Å². The molecule has 0 saturated carbocycles. The first-order chi connectivity index (χ1) is 8.97. The van der Waals surface area contributed by atoms with Crippen LogP contribution in [0.15, 0.2) is 18.2 Å². The highest BCUT2D eigenvalue weighted by molar-refractivity contribution is 5.54. The summed E-state index contributed by atoms with van der Waals surface area (Å²) in [4.78, 5) is 4.70. The Morgan fingerprint density at radius 2 is 2.16 bits per heavy atom. The van der Waals surface area contributed by atoms with Crippen LogP contribution in [0.4, 0.5) is 10.1 Å². The van der Waals surface area contributed by atoms with Crippen LogP contribution < -0.4 is 10.6 Å². The number of anilines is 1. The minimum absolute atomic E-state index is 0.0467. The predicted molar refractivity (Wildman–Crippen MR) is 78.1 cm³/mol. The molecule has 2 N–H and O–H groups in total. The van der Waals surface area contributed by atoms with Crippen molar-refractivity contribution in [3.8, 4) is 0 Å². The van der Waals surface area contributed by atoms with Crippen molar-refractivity contribution in [2.45, 2.75) is 32.4 Å². The Labute approximate surface area is 115 Å². The van der Waals surface area contributed by atoms with E-state index in [2.05, 4.69) is 23.8 Å². The number of nitrogens with zero attached hydrogens (tertiary/aromatic N) is 2. The Balaban J connectivity index is 2.23. The number of hydrogen-bond donors (Lipinski definition) is 1. The molecule has 106 valence electrons. The lowest BCUT2D eigenvalue weighted by atomic mass is 10.0. The average Bonchev–Trinajstić information content (AvgIpc) is 2.32. The zero-order chi connectivity index (χ0) is 14.0. The van der Waals surface area contributed by atoms with E-state index >= 15 is 0 Å². The molecule has 1 aromatic rings. The Bertz CT molecular complexity index is 433. The molecule has 1 saturated heterocycles. The van der Waals surface area contributed by atoms with Gasteiger partial charge in [0.15, 0.2) is 0 Å². The summed E-state index contributed by atoms with van der Waals surface area (Å²) < 4.78 is 13.4. The molecule has 19 heavy (non-hydrogen) atoms. The molecule has 2 unspecified atom stereocenters. The van der Waals surface area contributed by atoms with E-state index in [1.54, 1.807) is 12.1 Å². The summed E-state index contributed by atoms with van der Waals surface area (Å²) in [6, 6.07) is 5.63. The smallest absolute Gasteiger partial charge is 0.123 e. The summed E-state index contributed by atoms with van der Waals surface area (Å²) in [5.74, 6) is -0.179. The van der Waals surface area contributed by atoms with Crippen molar-refractivity contribution >= 4 is 5.69 Å². The molecule has 0 aliphatic carbocycles. The number of hydrogen-bond acceptors (Lipinski definition) is 3. The quantitative estimate of drug-likeness (QED) is 0.905. The first-order valence-corrected chi connectivity index (χ1v) is 6.96. The van der Waals surface area contributed by atoms with Crippen molar-refractivity contribution < 1.29 is 4.39 Å². The topological polar surface area (TPSA) is 32.5 Å². The lowest BCUT2D eigenvalue weighted by Gasteiger charge is -2.40. The fourth-order valence-electron chi connectivity index (χ4n) is 2.64. The molecule has 1 aromatic carbocycles. The molecule has 0 aromatic heterocycles. The average molecular weight is 265 g/mol. The van der Waals surface area contributed by atoms with Gasteiger partial charge in [-0.25, -0.2) is 4.39 Å². The van der Waals surface area contributed by atoms with Gasteiger partial charge in [0, 0.05) is 37.4 Å². The predicted octanol–water partition coefficient (Wildman–Crippen LogP) is 1.86. The molecule has 1 aliphatic rings. The lowest BCUT2D eigenvalue weighted by Crippen LogP contribution is -2.50. The van der Waals surface area contributed by atoms with Crippen LogP contribution in [-0.4, -0.2) is 43.7 Å². The fourth-order valence-corrected chi connectivity index (χ4v) is 2.64. The molecule has 2 atom stereocenters. The van der Waals surface area contributed by atoms with Crippen molar-refractivity contribution in [3.05, 3.63) is 29.6 Å². The van der Waals surface area contributed by atoms with Crippen molar-refractivity contribution in [3.63, 3.8) is 0 Å². The minimum atomic E-state index is -0.179. The minimum Gasteiger partial charge on any atom is -0.368 e. The highest BCUT2D eigenvalue weighted by atomic mass is 19.1. The Hall–Kier alpha value is -1.13. The fraction of sp³-hybridized carbons (Fsp3) is 0.600. The number of rotatable bonds is 3. The van der Waals surface area contributed by atoms with E-state index < -0.39 is 0 Å². The molecule has 1 heterocycles. The number of benzene rings is 1. The summed E-state index contributed by atoms with van der Waals surface area (Å²) >= 11 is 0. The van der Waals surface area contributed by atoms with Gasteiger partial charge in [-0.05, 0) is 51.1 Å². The molecular weight excluding hydrogens is 241 g/mol. The monoisotopic (exact) mass is 265 g/mol. The van der Waals surface area contributed by atoms with Crippen molar-refractivity contribution in [1.82, 2.24) is 4.90 Å². The molecule has 3 nitrogen and oxygen atoms in total. The maximum atomic E-state index is 13.4. The van der Waals surface area contributed by atoms with Gasteiger partial charge in [0.25, 0.3) is 0 Å². The van der Waals surface area contributed by atoms with E-state index in [1.165, 1.54) is 0 Å². The van der Waals surface area contributed by atoms with Gasteiger partial charge in [-0.3, -0.25) is 0 Å². The second kappa shape index (κ2) is 5.88. The third-order valence-electron chi connectivity index (χ3n) is 3.88. The largest absolute Gasteiger partial charge is 0.368 e. The van der Waals surface area contributed by atoms with Crippen LogP contribution >= 0.6 is 0 Å². The molecular formula is C15H24FN3. The van der Waals surface area contributed by atoms with Gasteiger partial charge in [0.1, 0.15) is 5.82 Å². The van der Waals surface area contributed by atoms with Gasteiger partial charge in [0.2, 0.25) is 0 Å². The highest BCUT2D eigenvalue weighted by Crippen LogP contribution is 2.25. The van der Waals surface area contributed by atoms with Gasteiger partial charge in [-0.1, -0.05) is 0 Å². The van der Waals surface area contributed by atoms with Crippen molar-refractivity contribution in [1.29, 1.82) is 0 Å². The first-order valence-electron chi connectivity index (χ1n) is 6.96. The van der Waals surface area contributed by atoms with Crippen LogP contribution in [0, 0.1) is 5.82 Å². The summed E-state index contributed by atoms with van der Waals surface area (Å²) in [7, 11) is 2.15. The molecule has 0 radical (unpaired) electrons. The molecule has 1 aliphatic heterocycles. The Kier molecular flexibility index (Phi) is 4.42. The van der Waals surface area contributed by atoms with Crippen molar-refractivity contribution in [2.24, 2.45) is 5.73 Å². The standard InChI is InChI=1S/C15H24FN3/c1-11(17)8-13-9-14(16)4-5-15(13)19-7-6-18(3)12(2)10-19/h4-5,9,11-12H,6-8,10,17H2,1-3H3. The van der Waals surface area contributed by atoms with Crippen LogP contribution in [0.25, 0.3) is 0 Å². The first kappa shape index (κ1) is 14.3. The van der Waals surface area contributed by atoms with Gasteiger partial charge < -0.3 is 15.5 Å². The zero-order valence-corrected chi connectivity index (χ0v) is 12.1. The number of likely N-dealkylation sites (N-methyl/N-ethyl adjacent to an activating group) is 1. The number of halogens is 1. The van der Waals surface area contributed by atoms with Crippen molar-refractivity contribution in [2.75, 3.05) is 31.6 Å². The zero-order valence-electron chi connectivity index (χ0n) is 12.1. The van der Waals surface area contributed by atoms with Crippen LogP contribution in [0.2, 0.25) is 0 Å². The molecule has 0 bridgehead atoms. The maximum Gasteiger partial charge on any atom is 0.123 e. The molecule has 2 rings (SSSR count). The van der Waals surface area contributed by atoms with Gasteiger partial charge in [-0.2, -0.15) is 0 Å². The van der Waals surface area contributed by atoms with E-state index in [0.717, 1.165) is 30.9 Å². The highest BCUT2D eigenvalue weighted by Gasteiger charge is 2.22. The Morgan fingerprint density at radius 1 is 1.42 bits per heavy atom. The third kappa shape index (κ3) is 3.45. The molecule has 0 amide bonds. The summed E-state index contributed by atoms with van der Waals surface area (Å²) in [5, 5.41) is 0. The number of nitrogens with two attached hydrogens (primary N) is 1. The number of piperazine rings is 1. The SMILES string of the molecule is CC(N)Cc1cc(F)ccc1N1CCN(C)C(C)C1.